The quantitative estimate of drug-likeness (QED) is 0.861. The van der Waals surface area contributed by atoms with E-state index in [9.17, 15) is 8.78 Å². The molecule has 0 bridgehead atoms. The zero-order chi connectivity index (χ0) is 13.1. The predicted octanol–water partition coefficient (Wildman–Crippen LogP) is 3.91. The largest absolute Gasteiger partial charge is 0.314 e. The topological polar surface area (TPSA) is 12.0 Å². The molecule has 2 atom stereocenters. The summed E-state index contributed by atoms with van der Waals surface area (Å²) in [5, 5.41) is 3.41. The predicted molar refractivity (Wildman–Crippen MR) is 69.8 cm³/mol. The maximum absolute atomic E-state index is 14.0. The summed E-state index contributed by atoms with van der Waals surface area (Å²) in [5.74, 6) is -1.17. The Bertz CT molecular complexity index is 415. The zero-order valence-electron chi connectivity index (χ0n) is 11.1. The summed E-state index contributed by atoms with van der Waals surface area (Å²) in [6, 6.07) is 3.88. The van der Waals surface area contributed by atoms with Gasteiger partial charge in [-0.25, -0.2) is 8.78 Å². The lowest BCUT2D eigenvalue weighted by molar-refractivity contribution is 0.336. The van der Waals surface area contributed by atoms with Crippen LogP contribution in [0.4, 0.5) is 8.78 Å². The van der Waals surface area contributed by atoms with Gasteiger partial charge in [-0.3, -0.25) is 0 Å². The molecule has 0 amide bonds. The van der Waals surface area contributed by atoms with Crippen LogP contribution < -0.4 is 5.32 Å². The molecule has 2 rings (SSSR count). The molecule has 0 aliphatic heterocycles. The Kier molecular flexibility index (Phi) is 4.33. The Morgan fingerprint density at radius 2 is 2.00 bits per heavy atom. The van der Waals surface area contributed by atoms with E-state index in [1.807, 2.05) is 0 Å². The minimum absolute atomic E-state index is 0.151. The van der Waals surface area contributed by atoms with Gasteiger partial charge in [0.05, 0.1) is 0 Å². The maximum atomic E-state index is 14.0. The third-order valence-electron chi connectivity index (χ3n) is 3.91. The Hall–Kier alpha value is -0.960. The fraction of sp³-hybridized carbons (Fsp3) is 0.600. The molecule has 2 unspecified atom stereocenters. The molecule has 1 aliphatic rings. The van der Waals surface area contributed by atoms with Crippen molar-refractivity contribution in [3.05, 3.63) is 34.9 Å². The summed E-state index contributed by atoms with van der Waals surface area (Å²) in [5.41, 5.74) is 0.941. The Balaban J connectivity index is 2.18. The van der Waals surface area contributed by atoms with E-state index < -0.39 is 11.6 Å². The molecule has 1 nitrogen and oxygen atoms in total. The smallest absolute Gasteiger partial charge is 0.162 e. The Labute approximate surface area is 108 Å². The van der Waals surface area contributed by atoms with Crippen molar-refractivity contribution in [2.45, 2.75) is 51.5 Å². The van der Waals surface area contributed by atoms with Crippen molar-refractivity contribution in [2.75, 3.05) is 6.54 Å². The van der Waals surface area contributed by atoms with Crippen LogP contribution in [0.3, 0.4) is 0 Å². The van der Waals surface area contributed by atoms with Gasteiger partial charge in [-0.1, -0.05) is 25.5 Å². The lowest BCUT2D eigenvalue weighted by Gasteiger charge is -2.30. The van der Waals surface area contributed by atoms with Gasteiger partial charge in [-0.15, -0.1) is 0 Å². The second-order valence-corrected chi connectivity index (χ2v) is 5.22. The summed E-state index contributed by atoms with van der Waals surface area (Å²) >= 11 is 0. The third kappa shape index (κ3) is 2.72. The van der Waals surface area contributed by atoms with Crippen LogP contribution in [-0.4, -0.2) is 12.6 Å². The van der Waals surface area contributed by atoms with Crippen molar-refractivity contribution in [2.24, 2.45) is 0 Å². The Morgan fingerprint density at radius 1 is 1.22 bits per heavy atom. The average Bonchev–Trinajstić information content (AvgIpc) is 2.37. The van der Waals surface area contributed by atoms with Crippen molar-refractivity contribution in [3.63, 3.8) is 0 Å². The van der Waals surface area contributed by atoms with Gasteiger partial charge in [-0.2, -0.15) is 0 Å². The molecule has 0 heterocycles. The van der Waals surface area contributed by atoms with Crippen LogP contribution in [-0.2, 0) is 0 Å². The summed E-state index contributed by atoms with van der Waals surface area (Å²) in [4.78, 5) is 0. The standard InChI is InChI=1S/C15H21F2N/c1-3-18-12-6-4-5-11(9-12)13-8-7-10(2)14(16)15(13)17/h7-8,11-12,18H,3-6,9H2,1-2H3. The molecule has 1 aromatic carbocycles. The van der Waals surface area contributed by atoms with E-state index in [4.69, 9.17) is 0 Å². The van der Waals surface area contributed by atoms with Crippen LogP contribution in [0, 0.1) is 18.6 Å². The van der Waals surface area contributed by atoms with Crippen molar-refractivity contribution in [1.29, 1.82) is 0 Å². The minimum Gasteiger partial charge on any atom is -0.314 e. The number of rotatable bonds is 3. The molecule has 1 fully saturated rings. The zero-order valence-corrected chi connectivity index (χ0v) is 11.1. The summed E-state index contributed by atoms with van der Waals surface area (Å²) in [6.07, 6.45) is 4.09. The van der Waals surface area contributed by atoms with Gasteiger partial charge in [0.15, 0.2) is 11.6 Å². The molecule has 18 heavy (non-hydrogen) atoms. The lowest BCUT2D eigenvalue weighted by Crippen LogP contribution is -2.33. The SMILES string of the molecule is CCNC1CCCC(c2ccc(C)c(F)c2F)C1. The van der Waals surface area contributed by atoms with E-state index in [0.29, 0.717) is 17.2 Å². The monoisotopic (exact) mass is 253 g/mol. The van der Waals surface area contributed by atoms with E-state index in [1.54, 1.807) is 19.1 Å². The van der Waals surface area contributed by atoms with Crippen molar-refractivity contribution < 1.29 is 8.78 Å². The van der Waals surface area contributed by atoms with Gasteiger partial charge < -0.3 is 5.32 Å². The highest BCUT2D eigenvalue weighted by Gasteiger charge is 2.26. The van der Waals surface area contributed by atoms with E-state index >= 15 is 0 Å². The fourth-order valence-corrected chi connectivity index (χ4v) is 2.92. The number of hydrogen-bond acceptors (Lipinski definition) is 1. The molecule has 0 radical (unpaired) electrons. The van der Waals surface area contributed by atoms with Crippen LogP contribution >= 0.6 is 0 Å². The molecule has 100 valence electrons. The van der Waals surface area contributed by atoms with Gasteiger partial charge in [0, 0.05) is 6.04 Å². The molecule has 0 spiro atoms. The van der Waals surface area contributed by atoms with Crippen LogP contribution in [0.25, 0.3) is 0 Å². The van der Waals surface area contributed by atoms with E-state index in [-0.39, 0.29) is 5.92 Å². The lowest BCUT2D eigenvalue weighted by atomic mass is 9.81. The van der Waals surface area contributed by atoms with Crippen molar-refractivity contribution in [1.82, 2.24) is 5.32 Å². The molecular weight excluding hydrogens is 232 g/mol. The maximum Gasteiger partial charge on any atom is 0.162 e. The van der Waals surface area contributed by atoms with Crippen LogP contribution in [0.15, 0.2) is 12.1 Å². The van der Waals surface area contributed by atoms with Gasteiger partial charge in [0.2, 0.25) is 0 Å². The summed E-state index contributed by atoms with van der Waals surface area (Å²) in [6.45, 7) is 4.61. The van der Waals surface area contributed by atoms with Gasteiger partial charge >= 0.3 is 0 Å². The number of halogens is 2. The van der Waals surface area contributed by atoms with E-state index in [1.165, 1.54) is 0 Å². The molecule has 0 saturated heterocycles. The highest BCUT2D eigenvalue weighted by molar-refractivity contribution is 5.28. The highest BCUT2D eigenvalue weighted by Crippen LogP contribution is 2.35. The second kappa shape index (κ2) is 5.79. The molecule has 1 N–H and O–H groups in total. The van der Waals surface area contributed by atoms with Gasteiger partial charge in [-0.05, 0) is 49.8 Å². The molecule has 3 heteroatoms. The first-order valence-electron chi connectivity index (χ1n) is 6.81. The normalized spacial score (nSPS) is 24.2. The first-order valence-corrected chi connectivity index (χ1v) is 6.81. The fourth-order valence-electron chi connectivity index (χ4n) is 2.92. The molecule has 0 aromatic heterocycles. The Morgan fingerprint density at radius 3 is 2.72 bits per heavy atom. The van der Waals surface area contributed by atoms with E-state index in [2.05, 4.69) is 12.2 Å². The van der Waals surface area contributed by atoms with Crippen molar-refractivity contribution >= 4 is 0 Å². The second-order valence-electron chi connectivity index (χ2n) is 5.22. The molecule has 1 aromatic rings. The molecule has 1 aliphatic carbocycles. The number of hydrogen-bond donors (Lipinski definition) is 1. The summed E-state index contributed by atoms with van der Waals surface area (Å²) < 4.78 is 27.6. The van der Waals surface area contributed by atoms with Gasteiger partial charge in [0.1, 0.15) is 0 Å². The van der Waals surface area contributed by atoms with Crippen molar-refractivity contribution in [3.8, 4) is 0 Å². The number of nitrogens with one attached hydrogen (secondary N) is 1. The first-order chi connectivity index (χ1) is 8.63. The van der Waals surface area contributed by atoms with Crippen LogP contribution in [0.2, 0.25) is 0 Å². The molecular formula is C15H21F2N. The number of aryl methyl sites for hydroxylation is 1. The first kappa shape index (κ1) is 13.5. The minimum atomic E-state index is -0.682. The average molecular weight is 253 g/mol. The van der Waals surface area contributed by atoms with Gasteiger partial charge in [0.25, 0.3) is 0 Å². The number of benzene rings is 1. The summed E-state index contributed by atoms with van der Waals surface area (Å²) in [7, 11) is 0. The highest BCUT2D eigenvalue weighted by atomic mass is 19.2. The van der Waals surface area contributed by atoms with Crippen LogP contribution in [0.5, 0.6) is 0 Å². The molecule has 1 saturated carbocycles. The van der Waals surface area contributed by atoms with E-state index in [0.717, 1.165) is 32.2 Å². The third-order valence-corrected chi connectivity index (χ3v) is 3.91. The van der Waals surface area contributed by atoms with Crippen LogP contribution in [0.1, 0.15) is 49.7 Å².